The van der Waals surface area contributed by atoms with Gasteiger partial charge in [0.15, 0.2) is 0 Å². The van der Waals surface area contributed by atoms with Gasteiger partial charge in [-0.15, -0.1) is 0 Å². The Hall–Kier alpha value is -3.77. The van der Waals surface area contributed by atoms with Gasteiger partial charge in [0.05, 0.1) is 22.6 Å². The highest BCUT2D eigenvalue weighted by Crippen LogP contribution is 2.27. The molecule has 5 aromatic rings. The highest BCUT2D eigenvalue weighted by molar-refractivity contribution is 9.10. The third kappa shape index (κ3) is 4.94. The molecule has 0 bridgehead atoms. The molecule has 0 aliphatic rings. The van der Waals surface area contributed by atoms with Crippen LogP contribution in [-0.2, 0) is 0 Å². The summed E-state index contributed by atoms with van der Waals surface area (Å²) in [4.78, 5) is 34.5. The molecule has 1 heterocycles. The fraction of sp³-hybridized carbons (Fsp3) is 0.194. The molecule has 5 nitrogen and oxygen atoms in total. The number of amides is 1. The Morgan fingerprint density at radius 1 is 0.892 bits per heavy atom. The molecular formula is C31H28BrN3O2. The van der Waals surface area contributed by atoms with E-state index in [1.54, 1.807) is 10.6 Å². The van der Waals surface area contributed by atoms with E-state index in [1.807, 2.05) is 96.8 Å². The zero-order chi connectivity index (χ0) is 26.1. The molecule has 37 heavy (non-hydrogen) atoms. The van der Waals surface area contributed by atoms with Crippen LogP contribution >= 0.6 is 15.9 Å². The van der Waals surface area contributed by atoms with Crippen LogP contribution in [0, 0.1) is 5.92 Å². The van der Waals surface area contributed by atoms with E-state index in [4.69, 9.17) is 4.98 Å². The van der Waals surface area contributed by atoms with Crippen LogP contribution in [0.2, 0.25) is 0 Å². The van der Waals surface area contributed by atoms with E-state index >= 15 is 0 Å². The van der Waals surface area contributed by atoms with Crippen molar-refractivity contribution in [1.29, 1.82) is 0 Å². The molecular weight excluding hydrogens is 526 g/mol. The molecule has 1 aromatic heterocycles. The zero-order valence-electron chi connectivity index (χ0n) is 21.1. The number of fused-ring (bicyclic) bond motifs is 2. The first-order valence-electron chi connectivity index (χ1n) is 12.4. The molecule has 4 aromatic carbocycles. The highest BCUT2D eigenvalue weighted by atomic mass is 79.9. The van der Waals surface area contributed by atoms with E-state index in [0.29, 0.717) is 28.8 Å². The molecule has 0 N–H and O–H groups in total. The fourth-order valence-corrected chi connectivity index (χ4v) is 5.13. The van der Waals surface area contributed by atoms with E-state index in [2.05, 4.69) is 29.8 Å². The molecule has 0 aliphatic heterocycles. The van der Waals surface area contributed by atoms with E-state index in [-0.39, 0.29) is 17.4 Å². The minimum absolute atomic E-state index is 0.102. The summed E-state index contributed by atoms with van der Waals surface area (Å²) in [5.41, 5.74) is 1.78. The lowest BCUT2D eigenvalue weighted by Gasteiger charge is -2.32. The monoisotopic (exact) mass is 553 g/mol. The van der Waals surface area contributed by atoms with Crippen molar-refractivity contribution in [1.82, 2.24) is 14.5 Å². The second kappa shape index (κ2) is 10.3. The summed E-state index contributed by atoms with van der Waals surface area (Å²) in [6, 6.07) is 28.3. The Morgan fingerprint density at radius 2 is 1.62 bits per heavy atom. The zero-order valence-corrected chi connectivity index (χ0v) is 22.6. The molecule has 6 heteroatoms. The number of aromatic nitrogens is 2. The molecule has 0 saturated carbocycles. The van der Waals surface area contributed by atoms with Crippen molar-refractivity contribution in [2.24, 2.45) is 5.92 Å². The van der Waals surface area contributed by atoms with Gasteiger partial charge in [-0.1, -0.05) is 78.3 Å². The predicted octanol–water partition coefficient (Wildman–Crippen LogP) is 7.16. The first-order valence-corrected chi connectivity index (χ1v) is 13.2. The lowest BCUT2D eigenvalue weighted by molar-refractivity contribution is 0.0655. The van der Waals surface area contributed by atoms with Crippen LogP contribution in [0.3, 0.4) is 0 Å². The second-order valence-corrected chi connectivity index (χ2v) is 10.6. The van der Waals surface area contributed by atoms with Gasteiger partial charge in [-0.25, -0.2) is 4.98 Å². The summed E-state index contributed by atoms with van der Waals surface area (Å²) in [7, 11) is 0. The van der Waals surface area contributed by atoms with Gasteiger partial charge in [-0.3, -0.25) is 14.2 Å². The van der Waals surface area contributed by atoms with E-state index in [9.17, 15) is 9.59 Å². The number of hydrogen-bond acceptors (Lipinski definition) is 3. The molecule has 186 valence electrons. The quantitative estimate of drug-likeness (QED) is 0.224. The molecule has 0 aliphatic carbocycles. The lowest BCUT2D eigenvalue weighted by atomic mass is 10.1. The number of rotatable bonds is 6. The molecule has 0 fully saturated rings. The molecule has 1 unspecified atom stereocenters. The van der Waals surface area contributed by atoms with Crippen molar-refractivity contribution in [3.05, 3.63) is 117 Å². The fourth-order valence-electron chi connectivity index (χ4n) is 4.73. The summed E-state index contributed by atoms with van der Waals surface area (Å²) < 4.78 is 2.51. The third-order valence-corrected chi connectivity index (χ3v) is 7.02. The van der Waals surface area contributed by atoms with Crippen molar-refractivity contribution < 1.29 is 4.79 Å². The van der Waals surface area contributed by atoms with Crippen LogP contribution in [0.25, 0.3) is 27.4 Å². The minimum Gasteiger partial charge on any atom is -0.328 e. The maximum Gasteiger partial charge on any atom is 0.266 e. The first-order chi connectivity index (χ1) is 17.8. The maximum absolute atomic E-state index is 13.9. The second-order valence-electron chi connectivity index (χ2n) is 9.70. The number of carbonyl (C=O) groups is 1. The van der Waals surface area contributed by atoms with Gasteiger partial charge >= 0.3 is 0 Å². The Labute approximate surface area is 224 Å². The highest BCUT2D eigenvalue weighted by Gasteiger charge is 2.28. The van der Waals surface area contributed by atoms with Crippen LogP contribution in [0.15, 0.2) is 100 Å². The topological polar surface area (TPSA) is 55.2 Å². The van der Waals surface area contributed by atoms with Crippen LogP contribution in [-0.4, -0.2) is 26.9 Å². The van der Waals surface area contributed by atoms with Crippen molar-refractivity contribution >= 4 is 43.5 Å². The summed E-state index contributed by atoms with van der Waals surface area (Å²) in [6.07, 6.45) is 0. The van der Waals surface area contributed by atoms with Gasteiger partial charge in [0.25, 0.3) is 11.5 Å². The Kier molecular flexibility index (Phi) is 6.94. The Bertz CT molecular complexity index is 1670. The number of para-hydroxylation sites is 1. The Morgan fingerprint density at radius 3 is 2.38 bits per heavy atom. The van der Waals surface area contributed by atoms with Crippen molar-refractivity contribution in [2.45, 2.75) is 26.8 Å². The van der Waals surface area contributed by atoms with Crippen molar-refractivity contribution in [2.75, 3.05) is 6.54 Å². The van der Waals surface area contributed by atoms with E-state index in [0.717, 1.165) is 20.9 Å². The van der Waals surface area contributed by atoms with Crippen LogP contribution < -0.4 is 5.56 Å². The maximum atomic E-state index is 13.9. The average Bonchev–Trinajstić information content (AvgIpc) is 2.90. The summed E-state index contributed by atoms with van der Waals surface area (Å²) in [5.74, 6) is 0.651. The Balaban J connectivity index is 1.72. The standard InChI is InChI=1S/C31H28BrN3O2/c1-20(2)19-34(30(36)24-11-8-12-25(32)17-24)21(3)29-33-28-14-7-6-13-27(28)31(37)35(29)26-16-15-22-9-4-5-10-23(22)18-26/h4-18,20-21H,19H2,1-3H3. The van der Waals surface area contributed by atoms with Crippen LogP contribution in [0.4, 0.5) is 0 Å². The molecule has 5 rings (SSSR count). The number of nitrogens with zero attached hydrogens (tertiary/aromatic N) is 3. The molecule has 0 saturated heterocycles. The van der Waals surface area contributed by atoms with E-state index in [1.165, 1.54) is 0 Å². The van der Waals surface area contributed by atoms with Gasteiger partial charge in [0.1, 0.15) is 5.82 Å². The molecule has 0 spiro atoms. The normalized spacial score (nSPS) is 12.2. The first kappa shape index (κ1) is 24.9. The van der Waals surface area contributed by atoms with Crippen LogP contribution in [0.5, 0.6) is 0 Å². The van der Waals surface area contributed by atoms with Gasteiger partial charge < -0.3 is 4.90 Å². The van der Waals surface area contributed by atoms with Crippen LogP contribution in [0.1, 0.15) is 43.0 Å². The summed E-state index contributed by atoms with van der Waals surface area (Å²) >= 11 is 3.48. The molecule has 1 amide bonds. The SMILES string of the molecule is CC(C)CN(C(=O)c1cccc(Br)c1)C(C)c1nc2ccccc2c(=O)n1-c1ccc2ccccc2c1. The van der Waals surface area contributed by atoms with Crippen molar-refractivity contribution in [3.63, 3.8) is 0 Å². The number of halogens is 1. The number of hydrogen-bond donors (Lipinski definition) is 0. The van der Waals surface area contributed by atoms with Gasteiger partial charge in [0, 0.05) is 16.6 Å². The lowest BCUT2D eigenvalue weighted by Crippen LogP contribution is -2.39. The molecule has 1 atom stereocenters. The average molecular weight is 554 g/mol. The number of benzene rings is 4. The van der Waals surface area contributed by atoms with Gasteiger partial charge in [-0.05, 0) is 66.1 Å². The van der Waals surface area contributed by atoms with Gasteiger partial charge in [-0.2, -0.15) is 0 Å². The third-order valence-electron chi connectivity index (χ3n) is 6.53. The van der Waals surface area contributed by atoms with Crippen molar-refractivity contribution in [3.8, 4) is 5.69 Å². The molecule has 0 radical (unpaired) electrons. The van der Waals surface area contributed by atoms with E-state index < -0.39 is 6.04 Å². The predicted molar refractivity (Wildman–Crippen MR) is 153 cm³/mol. The smallest absolute Gasteiger partial charge is 0.266 e. The summed E-state index contributed by atoms with van der Waals surface area (Å²) in [6.45, 7) is 6.63. The van der Waals surface area contributed by atoms with Gasteiger partial charge in [0.2, 0.25) is 0 Å². The summed E-state index contributed by atoms with van der Waals surface area (Å²) in [5, 5.41) is 2.66. The largest absolute Gasteiger partial charge is 0.328 e. The number of carbonyl (C=O) groups excluding carboxylic acids is 1. The minimum atomic E-state index is -0.461.